The third-order valence-corrected chi connectivity index (χ3v) is 6.04. The summed E-state index contributed by atoms with van der Waals surface area (Å²) in [4.78, 5) is 41.9. The highest BCUT2D eigenvalue weighted by Crippen LogP contribution is 2.31. The van der Waals surface area contributed by atoms with Crippen molar-refractivity contribution in [1.29, 1.82) is 0 Å². The Morgan fingerprint density at radius 3 is 2.16 bits per heavy atom. The van der Waals surface area contributed by atoms with E-state index in [0.717, 1.165) is 32.1 Å². The summed E-state index contributed by atoms with van der Waals surface area (Å²) in [6.07, 6.45) is 4.63. The van der Waals surface area contributed by atoms with Crippen LogP contribution in [0.15, 0.2) is 24.3 Å². The molecule has 0 heterocycles. The number of phenols is 1. The lowest BCUT2D eigenvalue weighted by Gasteiger charge is -2.36. The minimum atomic E-state index is -1.05. The Morgan fingerprint density at radius 1 is 0.973 bits per heavy atom. The van der Waals surface area contributed by atoms with Gasteiger partial charge < -0.3 is 25.4 Å². The average molecular weight is 520 g/mol. The van der Waals surface area contributed by atoms with Gasteiger partial charge in [-0.05, 0) is 52.5 Å². The summed E-state index contributed by atoms with van der Waals surface area (Å²) in [7, 11) is 0. The molecule has 1 aromatic rings. The molecule has 1 rings (SSSR count). The molecule has 37 heavy (non-hydrogen) atoms. The molecule has 0 aliphatic rings. The number of para-hydroxylation sites is 1. The van der Waals surface area contributed by atoms with Crippen LogP contribution in [0.3, 0.4) is 0 Å². The van der Waals surface area contributed by atoms with Gasteiger partial charge in [0.05, 0.1) is 0 Å². The van der Waals surface area contributed by atoms with E-state index in [1.54, 1.807) is 39.0 Å². The highest BCUT2D eigenvalue weighted by atomic mass is 16.6. The SMILES string of the molecule is CCCCCCN(C(=O)C(NC(=O)OC(C)(C)C)C(C)C)C(C(=O)NC(C)CCC)c1ccccc1O. The number of alkyl carbamates (subject to hydrolysis) is 1. The van der Waals surface area contributed by atoms with Gasteiger partial charge in [0.25, 0.3) is 0 Å². The molecule has 210 valence electrons. The van der Waals surface area contributed by atoms with Crippen LogP contribution >= 0.6 is 0 Å². The molecule has 0 saturated carbocycles. The van der Waals surface area contributed by atoms with Crippen molar-refractivity contribution in [3.8, 4) is 5.75 Å². The molecule has 0 aromatic heterocycles. The van der Waals surface area contributed by atoms with Crippen LogP contribution in [-0.4, -0.2) is 52.1 Å². The first-order valence-electron chi connectivity index (χ1n) is 13.7. The van der Waals surface area contributed by atoms with Crippen molar-refractivity contribution in [2.75, 3.05) is 6.54 Å². The number of ether oxygens (including phenoxy) is 1. The van der Waals surface area contributed by atoms with Crippen LogP contribution in [0.5, 0.6) is 5.75 Å². The summed E-state index contributed by atoms with van der Waals surface area (Å²) in [5, 5.41) is 16.5. The molecule has 0 bridgehead atoms. The van der Waals surface area contributed by atoms with Crippen LogP contribution in [0.2, 0.25) is 0 Å². The van der Waals surface area contributed by atoms with Gasteiger partial charge in [-0.15, -0.1) is 0 Å². The zero-order valence-corrected chi connectivity index (χ0v) is 24.1. The molecule has 3 atom stereocenters. The molecule has 0 radical (unpaired) electrons. The van der Waals surface area contributed by atoms with Gasteiger partial charge in [-0.1, -0.05) is 71.6 Å². The molecule has 8 nitrogen and oxygen atoms in total. The molecule has 3 amide bonds. The first-order valence-corrected chi connectivity index (χ1v) is 13.7. The largest absolute Gasteiger partial charge is 0.508 e. The zero-order valence-electron chi connectivity index (χ0n) is 24.1. The molecular weight excluding hydrogens is 470 g/mol. The van der Waals surface area contributed by atoms with Gasteiger partial charge in [0.2, 0.25) is 11.8 Å². The van der Waals surface area contributed by atoms with E-state index in [4.69, 9.17) is 4.74 Å². The Bertz CT molecular complexity index is 865. The molecule has 1 aromatic carbocycles. The molecule has 0 saturated heterocycles. The number of aromatic hydroxyl groups is 1. The normalized spacial score (nSPS) is 14.0. The van der Waals surface area contributed by atoms with Gasteiger partial charge in [0, 0.05) is 18.2 Å². The van der Waals surface area contributed by atoms with E-state index in [0.29, 0.717) is 18.5 Å². The average Bonchev–Trinajstić information content (AvgIpc) is 2.78. The van der Waals surface area contributed by atoms with Crippen molar-refractivity contribution < 1.29 is 24.2 Å². The maximum Gasteiger partial charge on any atom is 0.408 e. The topological polar surface area (TPSA) is 108 Å². The van der Waals surface area contributed by atoms with Crippen molar-refractivity contribution in [3.05, 3.63) is 29.8 Å². The highest BCUT2D eigenvalue weighted by molar-refractivity contribution is 5.92. The van der Waals surface area contributed by atoms with Gasteiger partial charge in [-0.2, -0.15) is 0 Å². The Morgan fingerprint density at radius 2 is 1.62 bits per heavy atom. The van der Waals surface area contributed by atoms with Crippen molar-refractivity contribution >= 4 is 17.9 Å². The Balaban J connectivity index is 3.48. The van der Waals surface area contributed by atoms with E-state index in [9.17, 15) is 19.5 Å². The fourth-order valence-corrected chi connectivity index (χ4v) is 4.20. The number of hydrogen-bond acceptors (Lipinski definition) is 5. The number of carbonyl (C=O) groups excluding carboxylic acids is 3. The number of hydrogen-bond donors (Lipinski definition) is 3. The number of unbranched alkanes of at least 4 members (excludes halogenated alkanes) is 3. The van der Waals surface area contributed by atoms with Crippen molar-refractivity contribution in [2.24, 2.45) is 5.92 Å². The maximum absolute atomic E-state index is 14.1. The van der Waals surface area contributed by atoms with E-state index in [-0.39, 0.29) is 29.5 Å². The third-order valence-electron chi connectivity index (χ3n) is 6.04. The van der Waals surface area contributed by atoms with Gasteiger partial charge in [0.15, 0.2) is 0 Å². The van der Waals surface area contributed by atoms with Crippen LogP contribution in [0.4, 0.5) is 4.79 Å². The number of nitrogens with one attached hydrogen (secondary N) is 2. The molecule has 0 aliphatic carbocycles. The molecular formula is C29H49N3O5. The summed E-state index contributed by atoms with van der Waals surface area (Å²) in [6.45, 7) is 15.3. The van der Waals surface area contributed by atoms with Crippen molar-refractivity contribution in [2.45, 2.75) is 118 Å². The predicted octanol–water partition coefficient (Wildman–Crippen LogP) is 5.70. The molecule has 0 aliphatic heterocycles. The lowest BCUT2D eigenvalue weighted by molar-refractivity contribution is -0.143. The maximum atomic E-state index is 14.1. The van der Waals surface area contributed by atoms with Gasteiger partial charge in [-0.25, -0.2) is 4.79 Å². The van der Waals surface area contributed by atoms with Crippen LogP contribution in [0.1, 0.15) is 106 Å². The fraction of sp³-hybridized carbons (Fsp3) is 0.690. The van der Waals surface area contributed by atoms with E-state index in [2.05, 4.69) is 17.6 Å². The lowest BCUT2D eigenvalue weighted by atomic mass is 9.97. The van der Waals surface area contributed by atoms with E-state index >= 15 is 0 Å². The number of phenolic OH excluding ortho intramolecular Hbond substituents is 1. The van der Waals surface area contributed by atoms with E-state index in [1.807, 2.05) is 27.7 Å². The first-order chi connectivity index (χ1) is 17.3. The monoisotopic (exact) mass is 519 g/mol. The van der Waals surface area contributed by atoms with Crippen LogP contribution in [0, 0.1) is 5.92 Å². The Hall–Kier alpha value is -2.77. The summed E-state index contributed by atoms with van der Waals surface area (Å²) in [6, 6.07) is 4.56. The van der Waals surface area contributed by atoms with Crippen LogP contribution in [-0.2, 0) is 14.3 Å². The van der Waals surface area contributed by atoms with Crippen molar-refractivity contribution in [1.82, 2.24) is 15.5 Å². The molecule has 0 fully saturated rings. The van der Waals surface area contributed by atoms with E-state index in [1.165, 1.54) is 11.0 Å². The smallest absolute Gasteiger partial charge is 0.408 e. The highest BCUT2D eigenvalue weighted by Gasteiger charge is 2.38. The predicted molar refractivity (Wildman–Crippen MR) is 147 cm³/mol. The molecule has 3 N–H and O–H groups in total. The summed E-state index contributed by atoms with van der Waals surface area (Å²) in [5.74, 6) is -1.06. The number of amides is 3. The second-order valence-electron chi connectivity index (χ2n) is 11.1. The van der Waals surface area contributed by atoms with Crippen molar-refractivity contribution in [3.63, 3.8) is 0 Å². The summed E-state index contributed by atoms with van der Waals surface area (Å²) in [5.41, 5.74) is -0.366. The van der Waals surface area contributed by atoms with E-state index < -0.39 is 23.8 Å². The zero-order chi connectivity index (χ0) is 28.2. The van der Waals surface area contributed by atoms with Crippen LogP contribution < -0.4 is 10.6 Å². The van der Waals surface area contributed by atoms with Gasteiger partial charge in [0.1, 0.15) is 23.4 Å². The lowest BCUT2D eigenvalue weighted by Crippen LogP contribution is -2.55. The fourth-order valence-electron chi connectivity index (χ4n) is 4.20. The summed E-state index contributed by atoms with van der Waals surface area (Å²) < 4.78 is 5.41. The first kappa shape index (κ1) is 32.3. The van der Waals surface area contributed by atoms with Gasteiger partial charge >= 0.3 is 6.09 Å². The minimum Gasteiger partial charge on any atom is -0.508 e. The Labute approximate surface area is 223 Å². The number of carbonyl (C=O) groups is 3. The standard InChI is InChI=1S/C29H49N3O5/c1-9-11-12-15-19-32(27(35)24(20(3)4)31-28(36)37-29(6,7)8)25(22-17-13-14-18-23(22)33)26(34)30-21(5)16-10-2/h13-14,17-18,20-21,24-25,33H,9-12,15-16,19H2,1-8H3,(H,30,34)(H,31,36). The minimum absolute atomic E-state index is 0.0571. The quantitative estimate of drug-likeness (QED) is 0.273. The number of rotatable bonds is 14. The molecule has 8 heteroatoms. The second-order valence-corrected chi connectivity index (χ2v) is 11.1. The number of benzene rings is 1. The Kier molecular flexibility index (Phi) is 13.5. The van der Waals surface area contributed by atoms with Gasteiger partial charge in [-0.3, -0.25) is 9.59 Å². The second kappa shape index (κ2) is 15.5. The number of nitrogens with zero attached hydrogens (tertiary/aromatic N) is 1. The summed E-state index contributed by atoms with van der Waals surface area (Å²) >= 11 is 0. The van der Waals surface area contributed by atoms with Crippen LogP contribution in [0.25, 0.3) is 0 Å². The molecule has 3 unspecified atom stereocenters. The third kappa shape index (κ3) is 11.0. The molecule has 0 spiro atoms.